The Morgan fingerprint density at radius 3 is 2.05 bits per heavy atom. The summed E-state index contributed by atoms with van der Waals surface area (Å²) >= 11 is 7.00. The number of amides is 13. The summed E-state index contributed by atoms with van der Waals surface area (Å²) < 4.78 is 29.8. The monoisotopic (exact) mass is 1350 g/mol. The zero-order chi connectivity index (χ0) is 67.3. The van der Waals surface area contributed by atoms with Gasteiger partial charge in [-0.1, -0.05) is 39.6 Å². The summed E-state index contributed by atoms with van der Waals surface area (Å²) in [6.07, 6.45) is 0.889. The van der Waals surface area contributed by atoms with Crippen molar-refractivity contribution in [1.82, 2.24) is 83.7 Å². The first-order valence-corrected chi connectivity index (χ1v) is 33.0. The van der Waals surface area contributed by atoms with Gasteiger partial charge in [-0.3, -0.25) is 76.1 Å². The molecule has 91 heavy (non-hydrogen) atoms. The fraction of sp³-hybridized carbons (Fsp3) is 0.574. The number of aliphatic carboxylic acids is 1. The number of aromatic nitrogens is 3. The number of hydrogen-bond donors (Lipinski definition) is 14. The van der Waals surface area contributed by atoms with Crippen molar-refractivity contribution >= 4 is 133 Å². The van der Waals surface area contributed by atoms with Crippen molar-refractivity contribution in [3.8, 4) is 0 Å². The van der Waals surface area contributed by atoms with E-state index >= 15 is 18.6 Å². The molecule has 33 nitrogen and oxygen atoms in total. The summed E-state index contributed by atoms with van der Waals surface area (Å²) in [6.45, 7) is 13.6. The van der Waals surface area contributed by atoms with E-state index in [1.54, 1.807) is 20.8 Å². The lowest BCUT2D eigenvalue weighted by molar-refractivity contribution is -0.144. The maximum absolute atomic E-state index is 15.3. The Morgan fingerprint density at radius 2 is 1.42 bits per heavy atom. The molecule has 4 bridgehead atoms. The van der Waals surface area contributed by atoms with Crippen molar-refractivity contribution in [2.45, 2.75) is 159 Å². The van der Waals surface area contributed by atoms with Crippen LogP contribution in [0.1, 0.15) is 108 Å². The number of rotatable bonds is 11. The molecule has 15 atom stereocenters. The van der Waals surface area contributed by atoms with Crippen LogP contribution in [0.3, 0.4) is 0 Å². The molecule has 14 N–H and O–H groups in total. The molecule has 0 aliphatic carbocycles. The molecule has 2 aromatic heterocycles. The van der Waals surface area contributed by atoms with Crippen LogP contribution in [0.2, 0.25) is 0 Å². The van der Waals surface area contributed by atoms with Crippen molar-refractivity contribution < 1.29 is 80.6 Å². The third-order valence-electron chi connectivity index (χ3n) is 14.9. The topological polar surface area (TPSA) is 483 Å². The number of carbonyl (C=O) groups is 14. The summed E-state index contributed by atoms with van der Waals surface area (Å²) in [5.41, 5.74) is -0.440. The number of imide groups is 1. The van der Waals surface area contributed by atoms with Crippen molar-refractivity contribution in [2.24, 2.45) is 11.8 Å². The molecule has 0 aromatic carbocycles. The predicted octanol–water partition coefficient (Wildman–Crippen LogP) is -5.16. The Hall–Kier alpha value is -8.45. The fourth-order valence-corrected chi connectivity index (χ4v) is 13.8. The molecule has 37 heteroatoms. The third-order valence-corrected chi connectivity index (χ3v) is 19.5. The predicted molar refractivity (Wildman–Crippen MR) is 328 cm³/mol. The Bertz CT molecular complexity index is 3270. The van der Waals surface area contributed by atoms with E-state index in [-0.39, 0.29) is 54.7 Å². The van der Waals surface area contributed by atoms with Crippen molar-refractivity contribution in [3.05, 3.63) is 46.6 Å². The number of fused-ring (bicyclic) bond motifs is 5. The van der Waals surface area contributed by atoms with Crippen LogP contribution in [0.25, 0.3) is 0 Å². The van der Waals surface area contributed by atoms with Crippen LogP contribution in [-0.4, -0.2) is 211 Å². The number of thiocarbonyl (C=S) groups is 1. The Labute approximate surface area is 535 Å². The molecular weight excluding hydrogens is 1270 g/mol. The third kappa shape index (κ3) is 19.8. The Kier molecular flexibility index (Phi) is 25.2. The van der Waals surface area contributed by atoms with E-state index in [4.69, 9.17) is 12.2 Å². The second kappa shape index (κ2) is 32.0. The number of H-pyrrole nitrogens is 1. The molecule has 6 heterocycles. The van der Waals surface area contributed by atoms with Crippen LogP contribution >= 0.6 is 23.6 Å². The number of aromatic amines is 1. The molecular formula is C54H74N16O17S4. The van der Waals surface area contributed by atoms with Gasteiger partial charge in [0.15, 0.2) is 0 Å². The molecule has 4 fully saturated rings. The van der Waals surface area contributed by atoms with Crippen LogP contribution in [0.5, 0.6) is 0 Å². The Morgan fingerprint density at radius 1 is 0.791 bits per heavy atom. The van der Waals surface area contributed by atoms with Gasteiger partial charge in [-0.15, -0.1) is 11.3 Å². The van der Waals surface area contributed by atoms with Crippen LogP contribution in [0.4, 0.5) is 0 Å². The van der Waals surface area contributed by atoms with Gasteiger partial charge in [0.1, 0.15) is 65.1 Å². The number of imidazole rings is 1. The molecule has 12 unspecified atom stereocenters. The minimum absolute atomic E-state index is 0.00831. The SMILES string of the molecule is C=C1NC(=O)C2CS(=O)CC3NC(=O)C(CS(=O)C(C)C(NC(=S)C(Cc4cnc[nH]4)NC(=O)c4csc(C(C)NC(C)=O)n4)C(=O)N[C@@H](CC(C)C(=O)NC(=O)CC(C(=O)O)NC(=O)C(C)NC3=O)C(=O)N2)NC(=O)[C@H]2CCCN2C(=O)[C@@H](CC(C)C)NC1=O. The molecule has 4 saturated heterocycles. The van der Waals surface area contributed by atoms with Crippen molar-refractivity contribution in [1.29, 1.82) is 0 Å². The molecule has 496 valence electrons. The number of carboxylic acid groups (broad SMARTS) is 1. The lowest BCUT2D eigenvalue weighted by Gasteiger charge is -2.32. The van der Waals surface area contributed by atoms with Gasteiger partial charge >= 0.3 is 5.97 Å². The second-order valence-electron chi connectivity index (χ2n) is 22.8. The molecule has 4 aliphatic heterocycles. The number of carboxylic acids is 1. The first-order valence-electron chi connectivity index (χ1n) is 28.8. The molecule has 6 rings (SSSR count). The highest BCUT2D eigenvalue weighted by molar-refractivity contribution is 7.85. The zero-order valence-corrected chi connectivity index (χ0v) is 53.8. The van der Waals surface area contributed by atoms with Crippen molar-refractivity contribution in [2.75, 3.05) is 23.8 Å². The van der Waals surface area contributed by atoms with E-state index in [9.17, 15) is 62.1 Å². The van der Waals surface area contributed by atoms with Gasteiger partial charge in [0.05, 0.1) is 58.0 Å². The van der Waals surface area contributed by atoms with E-state index in [1.807, 2.05) is 5.32 Å². The number of thiazole rings is 1. The van der Waals surface area contributed by atoms with Gasteiger partial charge in [0.25, 0.3) is 11.8 Å². The van der Waals surface area contributed by atoms with Crippen LogP contribution in [0, 0.1) is 11.8 Å². The summed E-state index contributed by atoms with van der Waals surface area (Å²) in [7, 11) is -5.16. The smallest absolute Gasteiger partial charge is 0.326 e. The van der Waals surface area contributed by atoms with E-state index in [2.05, 4.69) is 80.0 Å². The maximum Gasteiger partial charge on any atom is 0.326 e. The average Bonchev–Trinajstić information content (AvgIpc) is 2.00. The standard InChI is InChI=1S/C54H74N16O17S4/c1-22(2)12-32-53(83)70-11-9-10-38(70)49(81)66-37-20-91(87)27(7)40(69-51(88)31(14-29-16-55-21-56-29)61-45(77)34-17-89-52(67-34)26(6)57-28(8)71)50(82)60-30-13-23(3)41(73)68-39(72)15-33(54(84)85)63-43(75)25(5)59-47(79)36(65-48(37)80)19-90(86)18-35(64-44(30)76)46(78)58-24(4)42(74)62-32/h16-17,21-23,25-27,30-33,35-38,40H,4,9-15,18-20H2,1-3,5-8H3,(H,55,56)(H,57,71)(H,58,78)(H,59,79)(H,60,82)(H,61,77)(H,62,74)(H,63,75)(H,64,76)(H,65,80)(H,66,81)(H,69,88)(H,84,85)(H,68,72,73)/t23?,25?,26?,27?,30-,31?,32+,33?,35?,36?,37?,38+,40?,90?,91?/m0/s1. The normalized spacial score (nSPS) is 28.9. The molecule has 0 saturated carbocycles. The van der Waals surface area contributed by atoms with Gasteiger partial charge in [0.2, 0.25) is 65.0 Å². The highest BCUT2D eigenvalue weighted by Gasteiger charge is 2.44. The average molecular weight is 1350 g/mol. The minimum Gasteiger partial charge on any atom is -0.480 e. The van der Waals surface area contributed by atoms with E-state index < -0.39 is 212 Å². The van der Waals surface area contributed by atoms with E-state index in [0.29, 0.717) is 10.7 Å². The molecule has 0 radical (unpaired) electrons. The van der Waals surface area contributed by atoms with E-state index in [0.717, 1.165) is 23.2 Å². The second-order valence-corrected chi connectivity index (χ2v) is 27.5. The lowest BCUT2D eigenvalue weighted by Crippen LogP contribution is -2.62. The first-order chi connectivity index (χ1) is 42.8. The molecule has 13 amide bonds. The minimum atomic E-state index is -2.58. The number of nitrogens with one attached hydrogen (secondary N) is 13. The van der Waals surface area contributed by atoms with Gasteiger partial charge in [0, 0.05) is 64.7 Å². The quantitative estimate of drug-likeness (QED) is 0.0568. The highest BCUT2D eigenvalue weighted by Crippen LogP contribution is 2.23. The number of nitrogens with zero attached hydrogens (tertiary/aromatic N) is 3. The summed E-state index contributed by atoms with van der Waals surface area (Å²) in [5, 5.41) is 39.4. The highest BCUT2D eigenvalue weighted by atomic mass is 32.2. The largest absolute Gasteiger partial charge is 0.480 e. The van der Waals surface area contributed by atoms with Crippen molar-refractivity contribution in [3.63, 3.8) is 0 Å². The zero-order valence-electron chi connectivity index (χ0n) is 50.5. The van der Waals surface area contributed by atoms with Gasteiger partial charge in [-0.05, 0) is 52.4 Å². The molecule has 0 spiro atoms. The van der Waals surface area contributed by atoms with Crippen LogP contribution in [0.15, 0.2) is 30.2 Å². The van der Waals surface area contributed by atoms with Crippen LogP contribution in [-0.2, 0) is 90.3 Å². The number of hydrogen-bond acceptors (Lipinski definition) is 20. The van der Waals surface area contributed by atoms with Gasteiger partial charge < -0.3 is 73.5 Å². The maximum atomic E-state index is 15.3. The summed E-state index contributed by atoms with van der Waals surface area (Å²) in [4.78, 5) is 209. The molecule has 2 aromatic rings. The van der Waals surface area contributed by atoms with Crippen LogP contribution < -0.4 is 63.8 Å². The summed E-state index contributed by atoms with van der Waals surface area (Å²) in [6, 6.07) is -18.4. The summed E-state index contributed by atoms with van der Waals surface area (Å²) in [5.74, 6) is -20.6. The fourth-order valence-electron chi connectivity index (χ4n) is 9.99. The van der Waals surface area contributed by atoms with Gasteiger partial charge in [-0.25, -0.2) is 14.8 Å². The van der Waals surface area contributed by atoms with E-state index in [1.165, 1.54) is 38.7 Å². The molecule has 4 aliphatic rings. The Balaban J connectivity index is 1.55. The number of carbonyl (C=O) groups excluding carboxylic acids is 13. The lowest BCUT2D eigenvalue weighted by atomic mass is 9.99. The van der Waals surface area contributed by atoms with Gasteiger partial charge in [-0.2, -0.15) is 0 Å². The first kappa shape index (κ1) is 71.6.